The molecule has 0 saturated carbocycles. The van der Waals surface area contributed by atoms with Crippen molar-refractivity contribution in [3.8, 4) is 5.88 Å². The molecule has 0 aliphatic heterocycles. The summed E-state index contributed by atoms with van der Waals surface area (Å²) in [5.41, 5.74) is -0.653. The van der Waals surface area contributed by atoms with E-state index in [-0.39, 0.29) is 28.5 Å². The fraction of sp³-hybridized carbons (Fsp3) is 0.364. The Balaban J connectivity index is 2.63. The van der Waals surface area contributed by atoms with Gasteiger partial charge in [0.25, 0.3) is 5.56 Å². The van der Waals surface area contributed by atoms with E-state index in [1.54, 1.807) is 13.3 Å². The third-order valence-electron chi connectivity index (χ3n) is 2.48. The molecule has 9 heteroatoms. The molecule has 2 rings (SSSR count). The zero-order valence-electron chi connectivity index (χ0n) is 10.8. The SMILES string of the molecule is CNCCOc1nc(Cl)c(F)c2nc(SC)[nH]c(=O)c12. The van der Waals surface area contributed by atoms with Crippen molar-refractivity contribution in [3.05, 3.63) is 21.3 Å². The van der Waals surface area contributed by atoms with Crippen LogP contribution in [0, 0.1) is 5.82 Å². The highest BCUT2D eigenvalue weighted by Crippen LogP contribution is 2.27. The fourth-order valence-electron chi connectivity index (χ4n) is 1.55. The second-order valence-corrected chi connectivity index (χ2v) is 4.93. The standard InChI is InChI=1S/C11H12ClFN4O2S/c1-14-3-4-19-10-5-7(6(13)8(12)16-10)15-11(20-2)17-9(5)18/h14H,3-4H2,1-2H3,(H,15,17,18). The van der Waals surface area contributed by atoms with Crippen LogP contribution in [0.4, 0.5) is 4.39 Å². The molecular formula is C11H12ClFN4O2S. The third-order valence-corrected chi connectivity index (χ3v) is 3.31. The van der Waals surface area contributed by atoms with Crippen molar-refractivity contribution in [2.24, 2.45) is 0 Å². The van der Waals surface area contributed by atoms with Crippen LogP contribution in [0.25, 0.3) is 10.9 Å². The maximum atomic E-state index is 14.0. The van der Waals surface area contributed by atoms with Crippen LogP contribution in [0.15, 0.2) is 9.95 Å². The van der Waals surface area contributed by atoms with Crippen LogP contribution < -0.4 is 15.6 Å². The Morgan fingerprint density at radius 1 is 1.50 bits per heavy atom. The highest BCUT2D eigenvalue weighted by atomic mass is 35.5. The number of pyridine rings is 1. The van der Waals surface area contributed by atoms with Crippen molar-refractivity contribution >= 4 is 34.3 Å². The third kappa shape index (κ3) is 2.87. The summed E-state index contributed by atoms with van der Waals surface area (Å²) in [5.74, 6) is -0.855. The first-order valence-corrected chi connectivity index (χ1v) is 7.29. The number of hydrogen-bond donors (Lipinski definition) is 2. The second kappa shape index (κ2) is 6.38. The first kappa shape index (κ1) is 15.0. The van der Waals surface area contributed by atoms with E-state index in [1.165, 1.54) is 11.8 Å². The van der Waals surface area contributed by atoms with Gasteiger partial charge in [-0.15, -0.1) is 0 Å². The van der Waals surface area contributed by atoms with E-state index in [4.69, 9.17) is 16.3 Å². The molecule has 108 valence electrons. The predicted octanol–water partition coefficient (Wildman–Crippen LogP) is 1.43. The quantitative estimate of drug-likeness (QED) is 0.376. The minimum atomic E-state index is -0.830. The number of H-pyrrole nitrogens is 1. The lowest BCUT2D eigenvalue weighted by Gasteiger charge is -2.09. The Hall–Kier alpha value is -1.38. The van der Waals surface area contributed by atoms with Gasteiger partial charge in [-0.25, -0.2) is 9.37 Å². The lowest BCUT2D eigenvalue weighted by Crippen LogP contribution is -2.18. The minimum absolute atomic E-state index is 0.0250. The van der Waals surface area contributed by atoms with Crippen LogP contribution in [-0.4, -0.2) is 41.4 Å². The minimum Gasteiger partial charge on any atom is -0.476 e. The highest BCUT2D eigenvalue weighted by molar-refractivity contribution is 7.98. The van der Waals surface area contributed by atoms with Crippen molar-refractivity contribution in [1.82, 2.24) is 20.3 Å². The monoisotopic (exact) mass is 318 g/mol. The summed E-state index contributed by atoms with van der Waals surface area (Å²) in [7, 11) is 1.76. The zero-order valence-corrected chi connectivity index (χ0v) is 12.4. The van der Waals surface area contributed by atoms with Crippen molar-refractivity contribution in [1.29, 1.82) is 0 Å². The number of rotatable bonds is 5. The van der Waals surface area contributed by atoms with Gasteiger partial charge in [0.2, 0.25) is 5.88 Å². The highest BCUT2D eigenvalue weighted by Gasteiger charge is 2.19. The summed E-state index contributed by atoms with van der Waals surface area (Å²) in [4.78, 5) is 22.3. The molecule has 0 aromatic carbocycles. The van der Waals surface area contributed by atoms with Crippen molar-refractivity contribution < 1.29 is 9.13 Å². The number of nitrogens with one attached hydrogen (secondary N) is 2. The van der Waals surface area contributed by atoms with Crippen molar-refractivity contribution in [3.63, 3.8) is 0 Å². The molecule has 2 aromatic heterocycles. The van der Waals surface area contributed by atoms with Gasteiger partial charge < -0.3 is 15.0 Å². The van der Waals surface area contributed by atoms with E-state index in [0.29, 0.717) is 11.7 Å². The number of likely N-dealkylation sites (N-methyl/N-ethyl adjacent to an activating group) is 1. The van der Waals surface area contributed by atoms with Crippen LogP contribution in [0.5, 0.6) is 5.88 Å². The average Bonchev–Trinajstić information content (AvgIpc) is 2.43. The van der Waals surface area contributed by atoms with Crippen molar-refractivity contribution in [2.75, 3.05) is 26.5 Å². The Morgan fingerprint density at radius 3 is 2.90 bits per heavy atom. The fourth-order valence-corrected chi connectivity index (χ4v) is 2.10. The molecule has 0 atom stereocenters. The van der Waals surface area contributed by atoms with Crippen LogP contribution in [-0.2, 0) is 0 Å². The van der Waals surface area contributed by atoms with Gasteiger partial charge in [0.15, 0.2) is 16.1 Å². The molecule has 0 radical (unpaired) electrons. The van der Waals surface area contributed by atoms with Gasteiger partial charge >= 0.3 is 0 Å². The number of thioether (sulfide) groups is 1. The molecule has 20 heavy (non-hydrogen) atoms. The summed E-state index contributed by atoms with van der Waals surface area (Å²) in [6.45, 7) is 0.816. The summed E-state index contributed by atoms with van der Waals surface area (Å²) < 4.78 is 19.3. The molecule has 0 saturated heterocycles. The van der Waals surface area contributed by atoms with Gasteiger partial charge in [-0.3, -0.25) is 4.79 Å². The molecular weight excluding hydrogens is 307 g/mol. The lowest BCUT2D eigenvalue weighted by atomic mass is 10.3. The molecule has 0 spiro atoms. The number of ether oxygens (including phenoxy) is 1. The van der Waals surface area contributed by atoms with E-state index in [1.807, 2.05) is 0 Å². The number of aromatic amines is 1. The van der Waals surface area contributed by atoms with E-state index in [0.717, 1.165) is 0 Å². The van der Waals surface area contributed by atoms with E-state index < -0.39 is 11.4 Å². The van der Waals surface area contributed by atoms with Gasteiger partial charge in [0.1, 0.15) is 17.5 Å². The van der Waals surface area contributed by atoms with Crippen LogP contribution >= 0.6 is 23.4 Å². The molecule has 0 amide bonds. The molecule has 0 bridgehead atoms. The average molecular weight is 319 g/mol. The predicted molar refractivity (Wildman–Crippen MR) is 76.3 cm³/mol. The first-order chi connectivity index (χ1) is 9.58. The van der Waals surface area contributed by atoms with Gasteiger partial charge in [-0.1, -0.05) is 23.4 Å². The summed E-state index contributed by atoms with van der Waals surface area (Å²) in [5, 5.41) is 2.76. The second-order valence-electron chi connectivity index (χ2n) is 3.77. The normalized spacial score (nSPS) is 11.0. The molecule has 6 nitrogen and oxygen atoms in total. The van der Waals surface area contributed by atoms with Crippen LogP contribution in [0.1, 0.15) is 0 Å². The maximum absolute atomic E-state index is 14.0. The van der Waals surface area contributed by atoms with Gasteiger partial charge in [0, 0.05) is 6.54 Å². The number of hydrogen-bond acceptors (Lipinski definition) is 6. The topological polar surface area (TPSA) is 79.9 Å². The molecule has 2 N–H and O–H groups in total. The summed E-state index contributed by atoms with van der Waals surface area (Å²) >= 11 is 6.90. The largest absolute Gasteiger partial charge is 0.476 e. The Bertz CT molecular complexity index is 694. The smallest absolute Gasteiger partial charge is 0.265 e. The molecule has 0 fully saturated rings. The Kier molecular flexibility index (Phi) is 4.79. The summed E-state index contributed by atoms with van der Waals surface area (Å²) in [6.07, 6.45) is 1.72. The number of aromatic nitrogens is 3. The number of halogens is 2. The first-order valence-electron chi connectivity index (χ1n) is 5.69. The van der Waals surface area contributed by atoms with Gasteiger partial charge in [-0.05, 0) is 13.3 Å². The van der Waals surface area contributed by atoms with Crippen LogP contribution in [0.3, 0.4) is 0 Å². The van der Waals surface area contributed by atoms with Crippen molar-refractivity contribution in [2.45, 2.75) is 5.16 Å². The Labute approximate surface area is 123 Å². The van der Waals surface area contributed by atoms with E-state index in [2.05, 4.69) is 20.3 Å². The number of fused-ring (bicyclic) bond motifs is 1. The number of nitrogens with zero attached hydrogens (tertiary/aromatic N) is 2. The molecule has 0 aliphatic carbocycles. The van der Waals surface area contributed by atoms with E-state index in [9.17, 15) is 9.18 Å². The van der Waals surface area contributed by atoms with E-state index >= 15 is 0 Å². The molecule has 2 aromatic rings. The zero-order chi connectivity index (χ0) is 14.7. The molecule has 0 unspecified atom stereocenters. The van der Waals surface area contributed by atoms with Crippen LogP contribution in [0.2, 0.25) is 5.15 Å². The lowest BCUT2D eigenvalue weighted by molar-refractivity contribution is 0.309. The molecule has 0 aliphatic rings. The summed E-state index contributed by atoms with van der Waals surface area (Å²) in [6, 6.07) is 0. The Morgan fingerprint density at radius 2 is 2.25 bits per heavy atom. The molecule has 2 heterocycles. The van der Waals surface area contributed by atoms with Gasteiger partial charge in [-0.2, -0.15) is 4.98 Å². The van der Waals surface area contributed by atoms with Gasteiger partial charge in [0.05, 0.1) is 0 Å². The maximum Gasteiger partial charge on any atom is 0.265 e.